The van der Waals surface area contributed by atoms with Crippen LogP contribution >= 0.6 is 23.2 Å². The predicted octanol–water partition coefficient (Wildman–Crippen LogP) is 3.29. The van der Waals surface area contributed by atoms with Crippen LogP contribution in [0.3, 0.4) is 0 Å². The van der Waals surface area contributed by atoms with Gasteiger partial charge in [0.25, 0.3) is 0 Å². The highest BCUT2D eigenvalue weighted by Crippen LogP contribution is 2.29. The fraction of sp³-hybridized carbons (Fsp3) is 0.455. The van der Waals surface area contributed by atoms with Crippen molar-refractivity contribution in [1.82, 2.24) is 5.32 Å². The summed E-state index contributed by atoms with van der Waals surface area (Å²) in [6.07, 6.45) is 0. The topological polar surface area (TPSA) is 21.3 Å². The molecule has 0 aliphatic rings. The summed E-state index contributed by atoms with van der Waals surface area (Å²) in [4.78, 5) is 0. The third-order valence-electron chi connectivity index (χ3n) is 2.14. The third kappa shape index (κ3) is 3.35. The lowest BCUT2D eigenvalue weighted by atomic mass is 10.1. The molecule has 0 saturated heterocycles. The Balaban J connectivity index is 2.94. The summed E-state index contributed by atoms with van der Waals surface area (Å²) in [7, 11) is 1.67. The van der Waals surface area contributed by atoms with Gasteiger partial charge in [0, 0.05) is 7.11 Å². The van der Waals surface area contributed by atoms with Crippen LogP contribution in [0.1, 0.15) is 18.5 Å². The van der Waals surface area contributed by atoms with Crippen molar-refractivity contribution in [2.75, 3.05) is 20.3 Å². The first-order valence-electron chi connectivity index (χ1n) is 4.87. The second-order valence-corrected chi connectivity index (χ2v) is 3.99. The van der Waals surface area contributed by atoms with Crippen molar-refractivity contribution in [3.05, 3.63) is 33.8 Å². The van der Waals surface area contributed by atoms with Crippen LogP contribution in [0.5, 0.6) is 0 Å². The van der Waals surface area contributed by atoms with Gasteiger partial charge in [-0.1, -0.05) is 42.3 Å². The van der Waals surface area contributed by atoms with Crippen molar-refractivity contribution >= 4 is 23.2 Å². The molecule has 1 N–H and O–H groups in total. The van der Waals surface area contributed by atoms with Crippen LogP contribution in [0.25, 0.3) is 0 Å². The molecular weight excluding hydrogens is 233 g/mol. The van der Waals surface area contributed by atoms with E-state index in [1.165, 1.54) is 0 Å². The number of ether oxygens (including phenoxy) is 1. The van der Waals surface area contributed by atoms with Crippen LogP contribution < -0.4 is 5.32 Å². The Bertz CT molecular complexity index is 311. The van der Waals surface area contributed by atoms with Crippen LogP contribution in [0.4, 0.5) is 0 Å². The molecule has 2 nitrogen and oxygen atoms in total. The average molecular weight is 248 g/mol. The van der Waals surface area contributed by atoms with E-state index in [4.69, 9.17) is 27.9 Å². The molecule has 1 atom stereocenters. The lowest BCUT2D eigenvalue weighted by Gasteiger charge is -2.19. The first kappa shape index (κ1) is 12.8. The summed E-state index contributed by atoms with van der Waals surface area (Å²) in [5, 5.41) is 4.48. The molecule has 0 amide bonds. The van der Waals surface area contributed by atoms with Gasteiger partial charge in [-0.15, -0.1) is 0 Å². The average Bonchev–Trinajstić information content (AvgIpc) is 2.22. The molecule has 15 heavy (non-hydrogen) atoms. The van der Waals surface area contributed by atoms with Crippen molar-refractivity contribution in [2.24, 2.45) is 0 Å². The number of benzene rings is 1. The molecule has 0 fully saturated rings. The van der Waals surface area contributed by atoms with E-state index >= 15 is 0 Å². The van der Waals surface area contributed by atoms with Gasteiger partial charge in [-0.3, -0.25) is 0 Å². The van der Waals surface area contributed by atoms with E-state index in [1.54, 1.807) is 13.2 Å². The maximum absolute atomic E-state index is 6.13. The Kier molecular flexibility index (Phi) is 5.40. The second kappa shape index (κ2) is 6.33. The number of hydrogen-bond donors (Lipinski definition) is 1. The van der Waals surface area contributed by atoms with E-state index in [9.17, 15) is 0 Å². The molecule has 4 heteroatoms. The van der Waals surface area contributed by atoms with E-state index in [1.807, 2.05) is 19.1 Å². The van der Waals surface area contributed by atoms with Crippen molar-refractivity contribution < 1.29 is 4.74 Å². The summed E-state index contributed by atoms with van der Waals surface area (Å²) in [6, 6.07) is 5.72. The number of nitrogens with one attached hydrogen (secondary N) is 1. The number of likely N-dealkylation sites (N-methyl/N-ethyl adjacent to an activating group) is 1. The SMILES string of the molecule is CCNC(COC)c1cccc(Cl)c1Cl. The Morgan fingerprint density at radius 1 is 1.40 bits per heavy atom. The van der Waals surface area contributed by atoms with Gasteiger partial charge in [0.2, 0.25) is 0 Å². The lowest BCUT2D eigenvalue weighted by molar-refractivity contribution is 0.168. The Morgan fingerprint density at radius 2 is 2.13 bits per heavy atom. The van der Waals surface area contributed by atoms with E-state index in [2.05, 4.69) is 5.32 Å². The van der Waals surface area contributed by atoms with Gasteiger partial charge in [0.05, 0.1) is 22.7 Å². The van der Waals surface area contributed by atoms with E-state index in [-0.39, 0.29) is 6.04 Å². The Morgan fingerprint density at radius 3 is 2.73 bits per heavy atom. The van der Waals surface area contributed by atoms with Gasteiger partial charge in [-0.05, 0) is 18.2 Å². The molecule has 1 aromatic rings. The summed E-state index contributed by atoms with van der Waals surface area (Å²) >= 11 is 12.1. The standard InChI is InChI=1S/C11H15Cl2NO/c1-3-14-10(7-15-2)8-5-4-6-9(12)11(8)13/h4-6,10,14H,3,7H2,1-2H3. The van der Waals surface area contributed by atoms with E-state index < -0.39 is 0 Å². The molecule has 0 spiro atoms. The summed E-state index contributed by atoms with van der Waals surface area (Å²) in [5.41, 5.74) is 0.980. The van der Waals surface area contributed by atoms with Crippen LogP contribution in [0, 0.1) is 0 Å². The number of methoxy groups -OCH3 is 1. The molecule has 0 aliphatic carbocycles. The number of halogens is 2. The highest BCUT2D eigenvalue weighted by atomic mass is 35.5. The van der Waals surface area contributed by atoms with Gasteiger partial charge < -0.3 is 10.1 Å². The molecule has 0 aromatic heterocycles. The van der Waals surface area contributed by atoms with Gasteiger partial charge >= 0.3 is 0 Å². The summed E-state index contributed by atoms with van der Waals surface area (Å²) < 4.78 is 5.14. The zero-order chi connectivity index (χ0) is 11.3. The fourth-order valence-electron chi connectivity index (χ4n) is 1.46. The smallest absolute Gasteiger partial charge is 0.0658 e. The molecule has 1 unspecified atom stereocenters. The monoisotopic (exact) mass is 247 g/mol. The zero-order valence-corrected chi connectivity index (χ0v) is 10.4. The minimum Gasteiger partial charge on any atom is -0.383 e. The molecule has 0 heterocycles. The largest absolute Gasteiger partial charge is 0.383 e. The van der Waals surface area contributed by atoms with Crippen LogP contribution in [-0.4, -0.2) is 20.3 Å². The maximum atomic E-state index is 6.13. The van der Waals surface area contributed by atoms with Crippen molar-refractivity contribution in [1.29, 1.82) is 0 Å². The second-order valence-electron chi connectivity index (χ2n) is 3.21. The maximum Gasteiger partial charge on any atom is 0.0658 e. The van der Waals surface area contributed by atoms with Crippen LogP contribution in [0.15, 0.2) is 18.2 Å². The van der Waals surface area contributed by atoms with Gasteiger partial charge in [-0.25, -0.2) is 0 Å². The van der Waals surface area contributed by atoms with E-state index in [0.717, 1.165) is 12.1 Å². The number of hydrogen-bond acceptors (Lipinski definition) is 2. The molecule has 0 saturated carbocycles. The molecule has 0 radical (unpaired) electrons. The van der Waals surface area contributed by atoms with Crippen molar-refractivity contribution in [2.45, 2.75) is 13.0 Å². The Labute approximate surface area is 101 Å². The molecular formula is C11H15Cl2NO. The lowest BCUT2D eigenvalue weighted by Crippen LogP contribution is -2.25. The minimum atomic E-state index is 0.0891. The minimum absolute atomic E-state index is 0.0891. The van der Waals surface area contributed by atoms with Crippen LogP contribution in [0.2, 0.25) is 10.0 Å². The third-order valence-corrected chi connectivity index (χ3v) is 2.97. The normalized spacial score (nSPS) is 12.8. The quantitative estimate of drug-likeness (QED) is 0.863. The van der Waals surface area contributed by atoms with Gasteiger partial charge in [0.1, 0.15) is 0 Å². The molecule has 84 valence electrons. The van der Waals surface area contributed by atoms with E-state index in [0.29, 0.717) is 16.7 Å². The van der Waals surface area contributed by atoms with Gasteiger partial charge in [0.15, 0.2) is 0 Å². The molecule has 0 aliphatic heterocycles. The fourth-order valence-corrected chi connectivity index (χ4v) is 1.90. The Hall–Kier alpha value is -0.280. The highest BCUT2D eigenvalue weighted by Gasteiger charge is 2.14. The first-order chi connectivity index (χ1) is 7.20. The zero-order valence-electron chi connectivity index (χ0n) is 8.89. The summed E-state index contributed by atoms with van der Waals surface area (Å²) in [6.45, 7) is 3.48. The van der Waals surface area contributed by atoms with Crippen molar-refractivity contribution in [3.8, 4) is 0 Å². The van der Waals surface area contributed by atoms with Crippen molar-refractivity contribution in [3.63, 3.8) is 0 Å². The molecule has 0 bridgehead atoms. The van der Waals surface area contributed by atoms with Crippen LogP contribution in [-0.2, 0) is 4.74 Å². The highest BCUT2D eigenvalue weighted by molar-refractivity contribution is 6.42. The number of rotatable bonds is 5. The molecule has 1 rings (SSSR count). The first-order valence-corrected chi connectivity index (χ1v) is 5.62. The summed E-state index contributed by atoms with van der Waals surface area (Å²) in [5.74, 6) is 0. The van der Waals surface area contributed by atoms with Gasteiger partial charge in [-0.2, -0.15) is 0 Å². The molecule has 1 aromatic carbocycles. The predicted molar refractivity (Wildman–Crippen MR) is 64.8 cm³/mol.